The van der Waals surface area contributed by atoms with Gasteiger partial charge in [-0.1, -0.05) is 0 Å². The molecule has 0 aliphatic carbocycles. The van der Waals surface area contributed by atoms with Crippen molar-refractivity contribution in [2.75, 3.05) is 5.32 Å². The van der Waals surface area contributed by atoms with Crippen LogP contribution in [0, 0.1) is 24.1 Å². The molecular formula is C14H9BrFN3O. The van der Waals surface area contributed by atoms with Gasteiger partial charge in [-0.2, -0.15) is 5.26 Å². The van der Waals surface area contributed by atoms with Gasteiger partial charge in [0.25, 0.3) is 5.91 Å². The van der Waals surface area contributed by atoms with Gasteiger partial charge in [0.05, 0.1) is 17.2 Å². The number of halogens is 2. The van der Waals surface area contributed by atoms with E-state index in [1.165, 1.54) is 13.0 Å². The largest absolute Gasteiger partial charge is 0.322 e. The lowest BCUT2D eigenvalue weighted by Crippen LogP contribution is -2.14. The summed E-state index contributed by atoms with van der Waals surface area (Å²) >= 11 is 3.17. The van der Waals surface area contributed by atoms with Crippen LogP contribution in [0.1, 0.15) is 21.5 Å². The topological polar surface area (TPSA) is 65.8 Å². The molecule has 0 atom stereocenters. The maximum Gasteiger partial charge on any atom is 0.258 e. The van der Waals surface area contributed by atoms with Crippen molar-refractivity contribution < 1.29 is 9.18 Å². The molecule has 6 heteroatoms. The molecule has 0 saturated carbocycles. The zero-order chi connectivity index (χ0) is 14.7. The number of pyridine rings is 1. The van der Waals surface area contributed by atoms with Crippen LogP contribution in [-0.2, 0) is 0 Å². The first-order valence-corrected chi connectivity index (χ1v) is 6.44. The number of carbonyl (C=O) groups excluding carboxylic acids is 1. The Morgan fingerprint density at radius 3 is 2.90 bits per heavy atom. The molecule has 0 radical (unpaired) electrons. The van der Waals surface area contributed by atoms with Crippen molar-refractivity contribution in [1.29, 1.82) is 5.26 Å². The van der Waals surface area contributed by atoms with Gasteiger partial charge in [0, 0.05) is 17.4 Å². The fourth-order valence-electron chi connectivity index (χ4n) is 1.62. The van der Waals surface area contributed by atoms with E-state index in [-0.39, 0.29) is 16.8 Å². The summed E-state index contributed by atoms with van der Waals surface area (Å²) in [4.78, 5) is 16.1. The molecule has 1 aromatic heterocycles. The summed E-state index contributed by atoms with van der Waals surface area (Å²) in [5, 5.41) is 11.4. The Bertz CT molecular complexity index is 725. The van der Waals surface area contributed by atoms with Crippen LogP contribution in [0.3, 0.4) is 0 Å². The summed E-state index contributed by atoms with van der Waals surface area (Å²) < 4.78 is 14.0. The van der Waals surface area contributed by atoms with Crippen LogP contribution in [0.5, 0.6) is 0 Å². The molecule has 0 fully saturated rings. The van der Waals surface area contributed by atoms with Crippen molar-refractivity contribution in [1.82, 2.24) is 4.98 Å². The van der Waals surface area contributed by atoms with Gasteiger partial charge in [-0.3, -0.25) is 4.79 Å². The van der Waals surface area contributed by atoms with E-state index >= 15 is 0 Å². The smallest absolute Gasteiger partial charge is 0.258 e. The molecule has 100 valence electrons. The summed E-state index contributed by atoms with van der Waals surface area (Å²) in [6.07, 6.45) is 1.54. The van der Waals surface area contributed by atoms with Crippen molar-refractivity contribution in [3.63, 3.8) is 0 Å². The fourth-order valence-corrected chi connectivity index (χ4v) is 2.05. The van der Waals surface area contributed by atoms with Crippen molar-refractivity contribution in [2.24, 2.45) is 0 Å². The first-order valence-electron chi connectivity index (χ1n) is 5.65. The van der Waals surface area contributed by atoms with Gasteiger partial charge < -0.3 is 5.32 Å². The van der Waals surface area contributed by atoms with E-state index in [0.717, 1.165) is 6.07 Å². The highest BCUT2D eigenvalue weighted by Gasteiger charge is 2.14. The number of anilines is 1. The van der Waals surface area contributed by atoms with Crippen LogP contribution < -0.4 is 5.32 Å². The number of aromatic nitrogens is 1. The van der Waals surface area contributed by atoms with Gasteiger partial charge in [0.15, 0.2) is 0 Å². The second-order valence-electron chi connectivity index (χ2n) is 4.04. The predicted octanol–water partition coefficient (Wildman–Crippen LogP) is 3.42. The molecule has 1 amide bonds. The van der Waals surface area contributed by atoms with E-state index in [1.54, 1.807) is 18.3 Å². The lowest BCUT2D eigenvalue weighted by atomic mass is 10.1. The van der Waals surface area contributed by atoms with Crippen LogP contribution in [0.4, 0.5) is 10.1 Å². The highest BCUT2D eigenvalue weighted by atomic mass is 79.9. The Labute approximate surface area is 123 Å². The minimum Gasteiger partial charge on any atom is -0.322 e. The average molecular weight is 334 g/mol. The quantitative estimate of drug-likeness (QED) is 0.856. The van der Waals surface area contributed by atoms with E-state index in [2.05, 4.69) is 26.2 Å². The third-order valence-electron chi connectivity index (χ3n) is 2.73. The number of nitriles is 1. The van der Waals surface area contributed by atoms with Crippen LogP contribution >= 0.6 is 15.9 Å². The van der Waals surface area contributed by atoms with E-state index in [0.29, 0.717) is 10.2 Å². The number of carbonyl (C=O) groups is 1. The molecule has 0 bridgehead atoms. The Morgan fingerprint density at radius 2 is 2.25 bits per heavy atom. The molecular weight excluding hydrogens is 325 g/mol. The Balaban J connectivity index is 2.36. The number of rotatable bonds is 2. The van der Waals surface area contributed by atoms with Crippen LogP contribution in [0.25, 0.3) is 0 Å². The molecule has 0 aliphatic rings. The monoisotopic (exact) mass is 333 g/mol. The molecule has 0 saturated heterocycles. The first kappa shape index (κ1) is 14.2. The Hall–Kier alpha value is -2.26. The third kappa shape index (κ3) is 2.83. The van der Waals surface area contributed by atoms with Gasteiger partial charge in [-0.15, -0.1) is 0 Å². The highest BCUT2D eigenvalue weighted by molar-refractivity contribution is 9.10. The molecule has 0 spiro atoms. The summed E-state index contributed by atoms with van der Waals surface area (Å²) in [6.45, 7) is 1.53. The van der Waals surface area contributed by atoms with Gasteiger partial charge >= 0.3 is 0 Å². The third-order valence-corrected chi connectivity index (χ3v) is 3.36. The van der Waals surface area contributed by atoms with Gasteiger partial charge in [-0.25, -0.2) is 9.37 Å². The molecule has 20 heavy (non-hydrogen) atoms. The second kappa shape index (κ2) is 5.80. The van der Waals surface area contributed by atoms with Crippen LogP contribution in [-0.4, -0.2) is 10.9 Å². The van der Waals surface area contributed by atoms with Gasteiger partial charge in [0.2, 0.25) is 0 Å². The van der Waals surface area contributed by atoms with E-state index in [1.807, 2.05) is 6.07 Å². The van der Waals surface area contributed by atoms with Crippen molar-refractivity contribution in [3.05, 3.63) is 57.6 Å². The minimum absolute atomic E-state index is 0.147. The number of hydrogen-bond acceptors (Lipinski definition) is 3. The SMILES string of the molecule is Cc1c(F)cc(C#N)cc1NC(=O)c1cccnc1Br. The zero-order valence-corrected chi connectivity index (χ0v) is 12.0. The second-order valence-corrected chi connectivity index (χ2v) is 4.79. The van der Waals surface area contributed by atoms with Crippen molar-refractivity contribution in [3.8, 4) is 6.07 Å². The maximum absolute atomic E-state index is 13.6. The number of nitrogens with one attached hydrogen (secondary N) is 1. The Morgan fingerprint density at radius 1 is 1.50 bits per heavy atom. The molecule has 2 aromatic rings. The summed E-state index contributed by atoms with van der Waals surface area (Å²) in [6, 6.07) is 7.62. The molecule has 0 aliphatic heterocycles. The molecule has 1 N–H and O–H groups in total. The standard InChI is InChI=1S/C14H9BrFN3O/c1-8-11(16)5-9(7-17)6-12(8)19-14(20)10-3-2-4-18-13(10)15/h2-6H,1H3,(H,19,20). The fraction of sp³-hybridized carbons (Fsp3) is 0.0714. The van der Waals surface area contributed by atoms with E-state index < -0.39 is 11.7 Å². The maximum atomic E-state index is 13.6. The van der Waals surface area contributed by atoms with E-state index in [9.17, 15) is 9.18 Å². The summed E-state index contributed by atoms with van der Waals surface area (Å²) in [5.74, 6) is -0.966. The van der Waals surface area contributed by atoms with Crippen molar-refractivity contribution >= 4 is 27.5 Å². The Kier molecular flexibility index (Phi) is 4.11. The van der Waals surface area contributed by atoms with E-state index in [4.69, 9.17) is 5.26 Å². The average Bonchev–Trinajstić information content (AvgIpc) is 2.43. The van der Waals surface area contributed by atoms with Crippen LogP contribution in [0.15, 0.2) is 35.1 Å². The lowest BCUT2D eigenvalue weighted by Gasteiger charge is -2.10. The normalized spacial score (nSPS) is 9.90. The lowest BCUT2D eigenvalue weighted by molar-refractivity contribution is 0.102. The number of benzene rings is 1. The van der Waals surface area contributed by atoms with Gasteiger partial charge in [-0.05, 0) is 47.1 Å². The molecule has 1 heterocycles. The summed E-state index contributed by atoms with van der Waals surface area (Å²) in [7, 11) is 0. The highest BCUT2D eigenvalue weighted by Crippen LogP contribution is 2.22. The number of nitrogens with zero attached hydrogens (tertiary/aromatic N) is 2. The zero-order valence-electron chi connectivity index (χ0n) is 10.4. The van der Waals surface area contributed by atoms with Gasteiger partial charge in [0.1, 0.15) is 10.4 Å². The predicted molar refractivity (Wildman–Crippen MR) is 75.7 cm³/mol. The number of hydrogen-bond donors (Lipinski definition) is 1. The molecule has 0 unspecified atom stereocenters. The van der Waals surface area contributed by atoms with Crippen molar-refractivity contribution in [2.45, 2.75) is 6.92 Å². The first-order chi connectivity index (χ1) is 9.52. The minimum atomic E-state index is -0.537. The number of amides is 1. The molecule has 4 nitrogen and oxygen atoms in total. The molecule has 2 rings (SSSR count). The van der Waals surface area contributed by atoms with Crippen LogP contribution in [0.2, 0.25) is 0 Å². The summed E-state index contributed by atoms with van der Waals surface area (Å²) in [5.41, 5.74) is 1.02. The molecule has 1 aromatic carbocycles.